The van der Waals surface area contributed by atoms with Crippen molar-refractivity contribution in [2.45, 2.75) is 6.92 Å². The first-order valence-corrected chi connectivity index (χ1v) is 9.97. The van der Waals surface area contributed by atoms with Crippen LogP contribution in [0.1, 0.15) is 17.3 Å². The molecule has 0 aliphatic heterocycles. The maximum Gasteiger partial charge on any atom is 0.259 e. The lowest BCUT2D eigenvalue weighted by Crippen LogP contribution is -2.13. The number of benzene rings is 2. The highest BCUT2D eigenvalue weighted by Crippen LogP contribution is 2.27. The van der Waals surface area contributed by atoms with Crippen molar-refractivity contribution < 1.29 is 9.59 Å². The molecule has 2 amide bonds. The van der Waals surface area contributed by atoms with E-state index in [2.05, 4.69) is 36.6 Å². The fraction of sp³-hybridized carbons (Fsp3) is 0.0526. The largest absolute Gasteiger partial charge is 0.326 e. The molecule has 0 aliphatic rings. The summed E-state index contributed by atoms with van der Waals surface area (Å²) in [5.74, 6) is -0.164. The molecule has 0 fully saturated rings. The zero-order chi connectivity index (χ0) is 19.7. The number of thiazole rings is 1. The SMILES string of the molecule is CC(=O)Nc1ccc(-c2csc3nc(NC(=O)c4ccccc4Br)nn23)cc1. The highest BCUT2D eigenvalue weighted by molar-refractivity contribution is 9.10. The average Bonchev–Trinajstić information content (AvgIpc) is 3.22. The van der Waals surface area contributed by atoms with Gasteiger partial charge in [-0.05, 0) is 40.2 Å². The van der Waals surface area contributed by atoms with Gasteiger partial charge in [0.1, 0.15) is 0 Å². The Bertz CT molecular complexity index is 1180. The van der Waals surface area contributed by atoms with Crippen molar-refractivity contribution in [1.82, 2.24) is 14.6 Å². The van der Waals surface area contributed by atoms with Gasteiger partial charge in [0, 0.05) is 28.0 Å². The number of nitrogens with one attached hydrogen (secondary N) is 2. The summed E-state index contributed by atoms with van der Waals surface area (Å²) in [6, 6.07) is 14.6. The number of carbonyl (C=O) groups excluding carboxylic acids is 2. The maximum absolute atomic E-state index is 12.5. The number of fused-ring (bicyclic) bond motifs is 1. The molecule has 0 atom stereocenters. The van der Waals surface area contributed by atoms with Crippen LogP contribution in [-0.2, 0) is 4.79 Å². The second kappa shape index (κ2) is 7.53. The Hall–Kier alpha value is -3.04. The molecule has 9 heteroatoms. The number of anilines is 2. The van der Waals surface area contributed by atoms with Crippen LogP contribution in [0.2, 0.25) is 0 Å². The van der Waals surface area contributed by atoms with E-state index in [1.165, 1.54) is 18.3 Å². The Balaban J connectivity index is 1.59. The summed E-state index contributed by atoms with van der Waals surface area (Å²) >= 11 is 4.80. The van der Waals surface area contributed by atoms with Gasteiger partial charge in [-0.2, -0.15) is 4.98 Å². The Kier molecular flexibility index (Phi) is 4.93. The molecule has 0 saturated heterocycles. The second-order valence-electron chi connectivity index (χ2n) is 5.94. The van der Waals surface area contributed by atoms with Crippen LogP contribution in [0.25, 0.3) is 16.2 Å². The van der Waals surface area contributed by atoms with E-state index in [1.807, 2.05) is 35.7 Å². The van der Waals surface area contributed by atoms with Crippen molar-refractivity contribution >= 4 is 55.7 Å². The highest BCUT2D eigenvalue weighted by Gasteiger charge is 2.15. The number of hydrogen-bond acceptors (Lipinski definition) is 5. The van der Waals surface area contributed by atoms with Crippen LogP contribution in [0.15, 0.2) is 58.4 Å². The van der Waals surface area contributed by atoms with Gasteiger partial charge in [0.25, 0.3) is 11.9 Å². The monoisotopic (exact) mass is 455 g/mol. The van der Waals surface area contributed by atoms with Crippen LogP contribution >= 0.6 is 27.3 Å². The predicted octanol–water partition coefficient (Wildman–Crippen LogP) is 4.43. The van der Waals surface area contributed by atoms with E-state index < -0.39 is 0 Å². The van der Waals surface area contributed by atoms with Crippen LogP contribution in [-0.4, -0.2) is 26.4 Å². The summed E-state index contributed by atoms with van der Waals surface area (Å²) in [7, 11) is 0. The summed E-state index contributed by atoms with van der Waals surface area (Å²) in [5, 5.41) is 11.8. The molecule has 0 unspecified atom stereocenters. The van der Waals surface area contributed by atoms with E-state index in [-0.39, 0.29) is 17.8 Å². The van der Waals surface area contributed by atoms with Crippen molar-refractivity contribution in [2.75, 3.05) is 10.6 Å². The van der Waals surface area contributed by atoms with Crippen LogP contribution in [0.5, 0.6) is 0 Å². The van der Waals surface area contributed by atoms with Gasteiger partial charge in [0.05, 0.1) is 11.3 Å². The summed E-state index contributed by atoms with van der Waals surface area (Å²) in [4.78, 5) is 28.6. The molecule has 4 aromatic rings. The van der Waals surface area contributed by atoms with E-state index in [1.54, 1.807) is 22.7 Å². The van der Waals surface area contributed by atoms with Gasteiger partial charge >= 0.3 is 0 Å². The van der Waals surface area contributed by atoms with E-state index >= 15 is 0 Å². The number of amides is 2. The first-order chi connectivity index (χ1) is 13.5. The van der Waals surface area contributed by atoms with Gasteiger partial charge in [0.2, 0.25) is 10.9 Å². The lowest BCUT2D eigenvalue weighted by Gasteiger charge is -2.04. The molecular weight excluding hydrogens is 442 g/mol. The minimum absolute atomic E-state index is 0.118. The maximum atomic E-state index is 12.5. The van der Waals surface area contributed by atoms with Gasteiger partial charge in [-0.1, -0.05) is 24.3 Å². The molecule has 7 nitrogen and oxygen atoms in total. The minimum atomic E-state index is -0.285. The number of rotatable bonds is 4. The Morgan fingerprint density at radius 3 is 2.54 bits per heavy atom. The molecular formula is C19H14BrN5O2S. The lowest BCUT2D eigenvalue weighted by molar-refractivity contribution is -0.114. The quantitative estimate of drug-likeness (QED) is 0.476. The van der Waals surface area contributed by atoms with Crippen LogP contribution < -0.4 is 10.6 Å². The van der Waals surface area contributed by atoms with Crippen LogP contribution in [0.4, 0.5) is 11.6 Å². The third-order valence-corrected chi connectivity index (χ3v) is 5.43. The number of nitrogens with zero attached hydrogens (tertiary/aromatic N) is 3. The van der Waals surface area contributed by atoms with Crippen LogP contribution in [0, 0.1) is 0 Å². The number of halogens is 1. The standard InChI is InChI=1S/C19H14BrN5O2S/c1-11(26)21-13-8-6-12(7-9-13)16-10-28-19-23-18(24-25(16)19)22-17(27)14-4-2-3-5-15(14)20/h2-10H,1H3,(H,21,26)(H,22,24,27). The Morgan fingerprint density at radius 1 is 1.07 bits per heavy atom. The number of hydrogen-bond donors (Lipinski definition) is 2. The molecule has 0 aliphatic carbocycles. The van der Waals surface area contributed by atoms with Crippen molar-refractivity contribution in [2.24, 2.45) is 0 Å². The van der Waals surface area contributed by atoms with E-state index in [4.69, 9.17) is 0 Å². The summed E-state index contributed by atoms with van der Waals surface area (Å²) < 4.78 is 2.39. The second-order valence-corrected chi connectivity index (χ2v) is 7.63. The van der Waals surface area contributed by atoms with E-state index in [9.17, 15) is 9.59 Å². The first kappa shape index (κ1) is 18.3. The first-order valence-electron chi connectivity index (χ1n) is 8.29. The molecule has 2 aromatic heterocycles. The van der Waals surface area contributed by atoms with Crippen molar-refractivity contribution in [3.63, 3.8) is 0 Å². The molecule has 2 heterocycles. The molecule has 28 heavy (non-hydrogen) atoms. The van der Waals surface area contributed by atoms with Crippen molar-refractivity contribution in [1.29, 1.82) is 0 Å². The Labute approximate surface area is 172 Å². The molecule has 140 valence electrons. The van der Waals surface area contributed by atoms with Gasteiger partial charge < -0.3 is 5.32 Å². The van der Waals surface area contributed by atoms with E-state index in [0.717, 1.165) is 16.9 Å². The predicted molar refractivity (Wildman–Crippen MR) is 113 cm³/mol. The van der Waals surface area contributed by atoms with Gasteiger partial charge in [0.15, 0.2) is 0 Å². The minimum Gasteiger partial charge on any atom is -0.326 e. The van der Waals surface area contributed by atoms with Crippen molar-refractivity contribution in [3.8, 4) is 11.3 Å². The van der Waals surface area contributed by atoms with Crippen LogP contribution in [0.3, 0.4) is 0 Å². The molecule has 0 bridgehead atoms. The number of aromatic nitrogens is 3. The fourth-order valence-electron chi connectivity index (χ4n) is 2.67. The molecule has 4 rings (SSSR count). The lowest BCUT2D eigenvalue weighted by atomic mass is 10.1. The third-order valence-electron chi connectivity index (χ3n) is 3.93. The summed E-state index contributed by atoms with van der Waals surface area (Å²) in [5.41, 5.74) is 3.01. The average molecular weight is 456 g/mol. The van der Waals surface area contributed by atoms with Crippen molar-refractivity contribution in [3.05, 3.63) is 63.9 Å². The molecule has 0 spiro atoms. The molecule has 0 radical (unpaired) electrons. The van der Waals surface area contributed by atoms with Gasteiger partial charge in [-0.3, -0.25) is 14.9 Å². The van der Waals surface area contributed by atoms with Gasteiger partial charge in [-0.15, -0.1) is 16.4 Å². The molecule has 0 saturated carbocycles. The third kappa shape index (κ3) is 3.67. The normalized spacial score (nSPS) is 10.8. The fourth-order valence-corrected chi connectivity index (χ4v) is 3.97. The number of carbonyl (C=O) groups is 2. The van der Waals surface area contributed by atoms with E-state index in [0.29, 0.717) is 15.0 Å². The zero-order valence-corrected chi connectivity index (χ0v) is 17.0. The summed E-state index contributed by atoms with van der Waals surface area (Å²) in [6.45, 7) is 1.47. The Morgan fingerprint density at radius 2 is 1.82 bits per heavy atom. The van der Waals surface area contributed by atoms with Gasteiger partial charge in [-0.25, -0.2) is 4.52 Å². The molecule has 2 aromatic carbocycles. The highest BCUT2D eigenvalue weighted by atomic mass is 79.9. The topological polar surface area (TPSA) is 88.4 Å². The summed E-state index contributed by atoms with van der Waals surface area (Å²) in [6.07, 6.45) is 0. The molecule has 2 N–H and O–H groups in total. The smallest absolute Gasteiger partial charge is 0.259 e. The zero-order valence-electron chi connectivity index (χ0n) is 14.6.